The van der Waals surface area contributed by atoms with Crippen molar-refractivity contribution in [2.45, 2.75) is 39.5 Å². The van der Waals surface area contributed by atoms with E-state index in [0.29, 0.717) is 11.8 Å². The Morgan fingerprint density at radius 2 is 1.45 bits per heavy atom. The van der Waals surface area contributed by atoms with Crippen molar-refractivity contribution < 1.29 is 10.2 Å². The third kappa shape index (κ3) is 2.79. The first-order chi connectivity index (χ1) is 9.40. The van der Waals surface area contributed by atoms with Crippen molar-refractivity contribution in [3.63, 3.8) is 0 Å². The normalized spacial score (nSPS) is 11.3. The molecule has 2 aromatic carbocycles. The average molecular weight is 270 g/mol. The average Bonchev–Trinajstić information content (AvgIpc) is 2.37. The molecule has 2 heteroatoms. The van der Waals surface area contributed by atoms with Crippen LogP contribution in [0.2, 0.25) is 0 Å². The van der Waals surface area contributed by atoms with Gasteiger partial charge in [-0.25, -0.2) is 0 Å². The minimum atomic E-state index is 0.0809. The summed E-state index contributed by atoms with van der Waals surface area (Å²) in [6, 6.07) is 11.2. The standard InChI is InChI=1S/C18H22O2/c1-11(2)13-5-7-15(12(3)4)17(9-13)16-8-6-14(19)10-18(16)20/h5-12,19-20H,1-4H3. The Balaban J connectivity index is 2.66. The second-order valence-corrected chi connectivity index (χ2v) is 5.86. The first-order valence-corrected chi connectivity index (χ1v) is 7.06. The Morgan fingerprint density at radius 1 is 0.750 bits per heavy atom. The van der Waals surface area contributed by atoms with Crippen LogP contribution in [0, 0.1) is 0 Å². The van der Waals surface area contributed by atoms with Crippen molar-refractivity contribution in [1.82, 2.24) is 0 Å². The van der Waals surface area contributed by atoms with Gasteiger partial charge in [-0.2, -0.15) is 0 Å². The SMILES string of the molecule is CC(C)c1ccc(C(C)C)c(-c2ccc(O)cc2O)c1. The first-order valence-electron chi connectivity index (χ1n) is 7.06. The van der Waals surface area contributed by atoms with E-state index in [4.69, 9.17) is 0 Å². The fourth-order valence-corrected chi connectivity index (χ4v) is 2.42. The van der Waals surface area contributed by atoms with Crippen molar-refractivity contribution in [2.75, 3.05) is 0 Å². The Morgan fingerprint density at radius 3 is 2.00 bits per heavy atom. The lowest BCUT2D eigenvalue weighted by atomic mass is 9.88. The molecule has 2 N–H and O–H groups in total. The molecule has 0 amide bonds. The highest BCUT2D eigenvalue weighted by Gasteiger charge is 2.14. The number of aromatic hydroxyl groups is 2. The van der Waals surface area contributed by atoms with Crippen molar-refractivity contribution >= 4 is 0 Å². The molecule has 106 valence electrons. The molecule has 2 aromatic rings. The van der Waals surface area contributed by atoms with Gasteiger partial charge in [0.2, 0.25) is 0 Å². The number of benzene rings is 2. The minimum Gasteiger partial charge on any atom is -0.508 e. The molecule has 0 aliphatic rings. The van der Waals surface area contributed by atoms with E-state index in [1.54, 1.807) is 12.1 Å². The lowest BCUT2D eigenvalue weighted by Crippen LogP contribution is -1.96. The summed E-state index contributed by atoms with van der Waals surface area (Å²) >= 11 is 0. The van der Waals surface area contributed by atoms with Gasteiger partial charge >= 0.3 is 0 Å². The van der Waals surface area contributed by atoms with E-state index in [1.807, 2.05) is 0 Å². The third-order valence-electron chi connectivity index (χ3n) is 3.64. The van der Waals surface area contributed by atoms with Gasteiger partial charge in [0.15, 0.2) is 0 Å². The summed E-state index contributed by atoms with van der Waals surface area (Å²) < 4.78 is 0. The van der Waals surface area contributed by atoms with Gasteiger partial charge in [-0.15, -0.1) is 0 Å². The minimum absolute atomic E-state index is 0.0809. The van der Waals surface area contributed by atoms with Gasteiger partial charge in [-0.3, -0.25) is 0 Å². The van der Waals surface area contributed by atoms with Crippen molar-refractivity contribution in [2.24, 2.45) is 0 Å². The van der Waals surface area contributed by atoms with Crippen LogP contribution in [-0.2, 0) is 0 Å². The molecular formula is C18H22O2. The predicted octanol–water partition coefficient (Wildman–Crippen LogP) is 5.01. The van der Waals surface area contributed by atoms with Crippen molar-refractivity contribution in [3.8, 4) is 22.6 Å². The topological polar surface area (TPSA) is 40.5 Å². The summed E-state index contributed by atoms with van der Waals surface area (Å²) in [5.74, 6) is 1.01. The molecule has 0 saturated heterocycles. The molecule has 2 nitrogen and oxygen atoms in total. The van der Waals surface area contributed by atoms with Gasteiger partial charge in [0.1, 0.15) is 11.5 Å². The van der Waals surface area contributed by atoms with Crippen LogP contribution in [0.25, 0.3) is 11.1 Å². The number of hydrogen-bond donors (Lipinski definition) is 2. The summed E-state index contributed by atoms with van der Waals surface area (Å²) in [6.07, 6.45) is 0. The summed E-state index contributed by atoms with van der Waals surface area (Å²) in [6.45, 7) is 8.60. The molecule has 0 aliphatic carbocycles. The number of phenols is 2. The van der Waals surface area contributed by atoms with Gasteiger partial charge < -0.3 is 10.2 Å². The highest BCUT2D eigenvalue weighted by molar-refractivity contribution is 5.75. The van der Waals surface area contributed by atoms with Gasteiger partial charge in [0.05, 0.1) is 0 Å². The third-order valence-corrected chi connectivity index (χ3v) is 3.64. The lowest BCUT2D eigenvalue weighted by Gasteiger charge is -2.17. The van der Waals surface area contributed by atoms with E-state index < -0.39 is 0 Å². The Kier molecular flexibility index (Phi) is 4.03. The molecule has 0 unspecified atom stereocenters. The van der Waals surface area contributed by atoms with Gasteiger partial charge in [-0.05, 0) is 40.7 Å². The molecule has 0 heterocycles. The molecule has 0 saturated carbocycles. The maximum atomic E-state index is 10.1. The van der Waals surface area contributed by atoms with Crippen LogP contribution < -0.4 is 0 Å². The summed E-state index contributed by atoms with van der Waals surface area (Å²) in [7, 11) is 0. The summed E-state index contributed by atoms with van der Waals surface area (Å²) in [4.78, 5) is 0. The highest BCUT2D eigenvalue weighted by Crippen LogP contribution is 2.38. The molecule has 0 atom stereocenters. The van der Waals surface area contributed by atoms with E-state index in [9.17, 15) is 10.2 Å². The molecular weight excluding hydrogens is 248 g/mol. The van der Waals surface area contributed by atoms with Gasteiger partial charge in [0, 0.05) is 11.6 Å². The van der Waals surface area contributed by atoms with E-state index in [1.165, 1.54) is 17.2 Å². The second-order valence-electron chi connectivity index (χ2n) is 5.86. The van der Waals surface area contributed by atoms with E-state index in [-0.39, 0.29) is 11.5 Å². The maximum Gasteiger partial charge on any atom is 0.127 e. The molecule has 0 spiro atoms. The zero-order valence-electron chi connectivity index (χ0n) is 12.5. The van der Waals surface area contributed by atoms with Crippen molar-refractivity contribution in [3.05, 3.63) is 47.5 Å². The van der Waals surface area contributed by atoms with Gasteiger partial charge in [0.25, 0.3) is 0 Å². The quantitative estimate of drug-likeness (QED) is 0.822. The Hall–Kier alpha value is -1.96. The smallest absolute Gasteiger partial charge is 0.127 e. The highest BCUT2D eigenvalue weighted by atomic mass is 16.3. The lowest BCUT2D eigenvalue weighted by molar-refractivity contribution is 0.452. The van der Waals surface area contributed by atoms with Crippen LogP contribution in [0.5, 0.6) is 11.5 Å². The van der Waals surface area contributed by atoms with E-state index in [0.717, 1.165) is 11.1 Å². The van der Waals surface area contributed by atoms with Crippen LogP contribution in [0.1, 0.15) is 50.7 Å². The van der Waals surface area contributed by atoms with Gasteiger partial charge in [-0.1, -0.05) is 45.9 Å². The van der Waals surface area contributed by atoms with Crippen LogP contribution >= 0.6 is 0 Å². The van der Waals surface area contributed by atoms with Crippen LogP contribution in [0.15, 0.2) is 36.4 Å². The first kappa shape index (κ1) is 14.4. The fraction of sp³-hybridized carbons (Fsp3) is 0.333. The summed E-state index contributed by atoms with van der Waals surface area (Å²) in [5, 5.41) is 19.6. The number of hydrogen-bond acceptors (Lipinski definition) is 2. The van der Waals surface area contributed by atoms with Crippen LogP contribution in [0.4, 0.5) is 0 Å². The Labute approximate surface area is 120 Å². The molecule has 0 fully saturated rings. The molecule has 2 rings (SSSR count). The zero-order chi connectivity index (χ0) is 14.9. The Bertz CT molecular complexity index is 613. The molecule has 0 bridgehead atoms. The number of rotatable bonds is 3. The molecule has 0 aromatic heterocycles. The van der Waals surface area contributed by atoms with Crippen LogP contribution in [0.3, 0.4) is 0 Å². The predicted molar refractivity (Wildman–Crippen MR) is 83.4 cm³/mol. The fourth-order valence-electron chi connectivity index (χ4n) is 2.42. The molecule has 0 radical (unpaired) electrons. The zero-order valence-corrected chi connectivity index (χ0v) is 12.5. The van der Waals surface area contributed by atoms with Crippen LogP contribution in [-0.4, -0.2) is 10.2 Å². The maximum absolute atomic E-state index is 10.1. The monoisotopic (exact) mass is 270 g/mol. The second kappa shape index (κ2) is 5.58. The largest absolute Gasteiger partial charge is 0.508 e. The van der Waals surface area contributed by atoms with Crippen molar-refractivity contribution in [1.29, 1.82) is 0 Å². The van der Waals surface area contributed by atoms with E-state index in [2.05, 4.69) is 45.9 Å². The summed E-state index contributed by atoms with van der Waals surface area (Å²) in [5.41, 5.74) is 4.27. The molecule has 0 aliphatic heterocycles. The number of phenolic OH excluding ortho intramolecular Hbond substituents is 2. The molecule has 20 heavy (non-hydrogen) atoms. The van der Waals surface area contributed by atoms with E-state index >= 15 is 0 Å².